The molecule has 0 fully saturated rings. The molecule has 0 heterocycles. The minimum Gasteiger partial charge on any atom is -0.495 e. The van der Waals surface area contributed by atoms with Gasteiger partial charge in [0.2, 0.25) is 0 Å². The first-order chi connectivity index (χ1) is 10.0. The highest BCUT2D eigenvalue weighted by Crippen LogP contribution is 2.28. The van der Waals surface area contributed by atoms with Crippen molar-refractivity contribution in [2.24, 2.45) is 0 Å². The zero-order valence-corrected chi connectivity index (χ0v) is 13.3. The van der Waals surface area contributed by atoms with Crippen molar-refractivity contribution in [3.8, 4) is 5.75 Å². The number of aryl methyl sites for hydroxylation is 1. The van der Waals surface area contributed by atoms with Crippen LogP contribution in [-0.2, 0) is 6.54 Å². The third-order valence-corrected chi connectivity index (χ3v) is 3.77. The molecule has 110 valence electrons. The predicted octanol–water partition coefficient (Wildman–Crippen LogP) is 4.29. The van der Waals surface area contributed by atoms with Gasteiger partial charge in [0.15, 0.2) is 0 Å². The normalized spacial score (nSPS) is 10.2. The highest BCUT2D eigenvalue weighted by molar-refractivity contribution is 9.10. The first-order valence-corrected chi connectivity index (χ1v) is 7.12. The van der Waals surface area contributed by atoms with Crippen molar-refractivity contribution in [3.63, 3.8) is 0 Å². The number of ether oxygens (including phenoxy) is 1. The van der Waals surface area contributed by atoms with Gasteiger partial charge >= 0.3 is 0 Å². The number of hydrogen-bond acceptors (Lipinski definition) is 4. The molecule has 0 atom stereocenters. The lowest BCUT2D eigenvalue weighted by Gasteiger charge is -2.10. The average Bonchev–Trinajstić information content (AvgIpc) is 2.47. The molecule has 5 nitrogen and oxygen atoms in total. The van der Waals surface area contributed by atoms with Crippen LogP contribution in [0.4, 0.5) is 11.4 Å². The Hall–Kier alpha value is -2.08. The van der Waals surface area contributed by atoms with Gasteiger partial charge in [0.1, 0.15) is 5.75 Å². The third kappa shape index (κ3) is 3.72. The number of nitrogens with zero attached hydrogens (tertiary/aromatic N) is 1. The molecular formula is C15H15BrN2O3. The number of hydrogen-bond donors (Lipinski definition) is 1. The van der Waals surface area contributed by atoms with E-state index >= 15 is 0 Å². The molecule has 2 aromatic rings. The fourth-order valence-electron chi connectivity index (χ4n) is 1.94. The summed E-state index contributed by atoms with van der Waals surface area (Å²) < 4.78 is 6.10. The van der Waals surface area contributed by atoms with Crippen molar-refractivity contribution < 1.29 is 9.66 Å². The molecule has 0 aliphatic carbocycles. The second kappa shape index (κ2) is 6.58. The Bertz CT molecular complexity index is 674. The van der Waals surface area contributed by atoms with Crippen LogP contribution in [0.25, 0.3) is 0 Å². The van der Waals surface area contributed by atoms with E-state index in [1.807, 2.05) is 24.3 Å². The van der Waals surface area contributed by atoms with E-state index in [1.54, 1.807) is 26.2 Å². The van der Waals surface area contributed by atoms with Gasteiger partial charge in [0, 0.05) is 29.9 Å². The zero-order chi connectivity index (χ0) is 15.4. The van der Waals surface area contributed by atoms with Crippen LogP contribution in [0.5, 0.6) is 5.75 Å². The second-order valence-electron chi connectivity index (χ2n) is 4.58. The summed E-state index contributed by atoms with van der Waals surface area (Å²) in [7, 11) is 1.60. The van der Waals surface area contributed by atoms with Crippen molar-refractivity contribution in [1.82, 2.24) is 0 Å². The third-order valence-electron chi connectivity index (χ3n) is 3.12. The maximum atomic E-state index is 10.9. The molecule has 6 heteroatoms. The van der Waals surface area contributed by atoms with Gasteiger partial charge in [-0.05, 0) is 40.5 Å². The molecule has 0 unspecified atom stereocenters. The van der Waals surface area contributed by atoms with Crippen molar-refractivity contribution >= 4 is 27.3 Å². The van der Waals surface area contributed by atoms with Crippen LogP contribution in [0, 0.1) is 17.0 Å². The van der Waals surface area contributed by atoms with Gasteiger partial charge in [0.05, 0.1) is 16.5 Å². The van der Waals surface area contributed by atoms with Gasteiger partial charge in [-0.3, -0.25) is 10.1 Å². The van der Waals surface area contributed by atoms with Crippen LogP contribution < -0.4 is 10.1 Å². The fraction of sp³-hybridized carbons (Fsp3) is 0.200. The first-order valence-electron chi connectivity index (χ1n) is 6.32. The molecule has 2 aromatic carbocycles. The number of halogens is 1. The summed E-state index contributed by atoms with van der Waals surface area (Å²) >= 11 is 3.39. The molecule has 0 spiro atoms. The van der Waals surface area contributed by atoms with E-state index in [-0.39, 0.29) is 10.6 Å². The van der Waals surface area contributed by atoms with Crippen LogP contribution in [-0.4, -0.2) is 12.0 Å². The Labute approximate surface area is 131 Å². The molecule has 0 aliphatic heterocycles. The summed E-state index contributed by atoms with van der Waals surface area (Å²) in [6, 6.07) is 10.9. The topological polar surface area (TPSA) is 64.4 Å². The summed E-state index contributed by atoms with van der Waals surface area (Å²) in [6.45, 7) is 2.24. The number of anilines is 1. The van der Waals surface area contributed by atoms with Gasteiger partial charge in [-0.1, -0.05) is 12.1 Å². The van der Waals surface area contributed by atoms with Crippen molar-refractivity contribution in [1.29, 1.82) is 0 Å². The van der Waals surface area contributed by atoms with E-state index in [9.17, 15) is 10.1 Å². The molecule has 21 heavy (non-hydrogen) atoms. The first kappa shape index (κ1) is 15.3. The number of nitrogens with one attached hydrogen (secondary N) is 1. The molecule has 0 radical (unpaired) electrons. The Morgan fingerprint density at radius 3 is 2.71 bits per heavy atom. The van der Waals surface area contributed by atoms with Crippen LogP contribution in [0.1, 0.15) is 11.1 Å². The Kier molecular flexibility index (Phi) is 4.80. The van der Waals surface area contributed by atoms with E-state index < -0.39 is 0 Å². The molecule has 0 amide bonds. The number of methoxy groups -OCH3 is 1. The van der Waals surface area contributed by atoms with E-state index in [0.717, 1.165) is 21.5 Å². The molecule has 2 rings (SSSR count). The monoisotopic (exact) mass is 350 g/mol. The number of nitro benzene ring substituents is 1. The van der Waals surface area contributed by atoms with Crippen LogP contribution in [0.15, 0.2) is 40.9 Å². The zero-order valence-electron chi connectivity index (χ0n) is 11.7. The second-order valence-corrected chi connectivity index (χ2v) is 5.44. The maximum Gasteiger partial charge on any atom is 0.272 e. The minimum atomic E-state index is -0.360. The standard InChI is InChI=1S/C15H15BrN2O3/c1-10-3-4-11(7-14(10)18(19)20)9-17-12-5-6-13(16)15(8-12)21-2/h3-8,17H,9H2,1-2H3. The summed E-state index contributed by atoms with van der Waals surface area (Å²) in [5.41, 5.74) is 2.55. The maximum absolute atomic E-state index is 10.9. The van der Waals surface area contributed by atoms with Crippen LogP contribution in [0.3, 0.4) is 0 Å². The van der Waals surface area contributed by atoms with Crippen molar-refractivity contribution in [2.75, 3.05) is 12.4 Å². The molecule has 0 bridgehead atoms. The van der Waals surface area contributed by atoms with Gasteiger partial charge in [-0.15, -0.1) is 0 Å². The molecule has 0 aliphatic rings. The minimum absolute atomic E-state index is 0.141. The quantitative estimate of drug-likeness (QED) is 0.645. The summed E-state index contributed by atoms with van der Waals surface area (Å²) in [4.78, 5) is 10.6. The van der Waals surface area contributed by atoms with Gasteiger partial charge in [0.25, 0.3) is 5.69 Å². The number of benzene rings is 2. The van der Waals surface area contributed by atoms with Crippen molar-refractivity contribution in [2.45, 2.75) is 13.5 Å². The van der Waals surface area contributed by atoms with Gasteiger partial charge in [-0.2, -0.15) is 0 Å². The van der Waals surface area contributed by atoms with Crippen LogP contribution >= 0.6 is 15.9 Å². The van der Waals surface area contributed by atoms with Crippen molar-refractivity contribution in [3.05, 3.63) is 62.1 Å². The lowest BCUT2D eigenvalue weighted by atomic mass is 10.1. The average molecular weight is 351 g/mol. The lowest BCUT2D eigenvalue weighted by molar-refractivity contribution is -0.385. The fourth-order valence-corrected chi connectivity index (χ4v) is 2.34. The number of nitro groups is 1. The van der Waals surface area contributed by atoms with E-state index in [2.05, 4.69) is 21.2 Å². The van der Waals surface area contributed by atoms with E-state index in [1.165, 1.54) is 0 Å². The Morgan fingerprint density at radius 2 is 2.05 bits per heavy atom. The Morgan fingerprint density at radius 1 is 1.29 bits per heavy atom. The molecule has 1 N–H and O–H groups in total. The lowest BCUT2D eigenvalue weighted by Crippen LogP contribution is -2.01. The molecular weight excluding hydrogens is 336 g/mol. The van der Waals surface area contributed by atoms with E-state index in [0.29, 0.717) is 12.1 Å². The largest absolute Gasteiger partial charge is 0.495 e. The highest BCUT2D eigenvalue weighted by Gasteiger charge is 2.10. The Balaban J connectivity index is 2.13. The predicted molar refractivity (Wildman–Crippen MR) is 85.9 cm³/mol. The highest BCUT2D eigenvalue weighted by atomic mass is 79.9. The van der Waals surface area contributed by atoms with Crippen LogP contribution in [0.2, 0.25) is 0 Å². The summed E-state index contributed by atoms with van der Waals surface area (Å²) in [5, 5.41) is 14.2. The molecule has 0 saturated carbocycles. The van der Waals surface area contributed by atoms with E-state index in [4.69, 9.17) is 4.74 Å². The van der Waals surface area contributed by atoms with Gasteiger partial charge < -0.3 is 10.1 Å². The summed E-state index contributed by atoms with van der Waals surface area (Å²) in [5.74, 6) is 0.731. The smallest absolute Gasteiger partial charge is 0.272 e. The molecule has 0 saturated heterocycles. The SMILES string of the molecule is COc1cc(NCc2ccc(C)c([N+](=O)[O-])c2)ccc1Br. The molecule has 0 aromatic heterocycles. The van der Waals surface area contributed by atoms with Gasteiger partial charge in [-0.25, -0.2) is 0 Å². The number of rotatable bonds is 5. The summed E-state index contributed by atoms with van der Waals surface area (Å²) in [6.07, 6.45) is 0.